The van der Waals surface area contributed by atoms with E-state index in [1.165, 1.54) is 0 Å². The highest BCUT2D eigenvalue weighted by Crippen LogP contribution is 2.19. The van der Waals surface area contributed by atoms with Crippen molar-refractivity contribution in [2.45, 2.75) is 13.5 Å². The molecule has 1 aromatic carbocycles. The number of benzene rings is 1. The van der Waals surface area contributed by atoms with Crippen LogP contribution in [0, 0.1) is 6.92 Å². The third-order valence-electron chi connectivity index (χ3n) is 2.92. The number of furan rings is 1. The summed E-state index contributed by atoms with van der Waals surface area (Å²) in [5.41, 5.74) is 1.69. The maximum Gasteiger partial charge on any atom is 0.219 e. The van der Waals surface area contributed by atoms with E-state index in [0.29, 0.717) is 5.76 Å². The van der Waals surface area contributed by atoms with Crippen molar-refractivity contribution in [1.82, 2.24) is 9.78 Å². The quantitative estimate of drug-likeness (QED) is 0.661. The highest BCUT2D eigenvalue weighted by Gasteiger charge is 2.13. The third kappa shape index (κ3) is 1.82. The molecule has 0 amide bonds. The summed E-state index contributed by atoms with van der Waals surface area (Å²) in [5.74, 6) is 0.309. The lowest BCUT2D eigenvalue weighted by Gasteiger charge is -2.00. The molecule has 0 aliphatic heterocycles. The van der Waals surface area contributed by atoms with Gasteiger partial charge in [-0.15, -0.1) is 0 Å². The summed E-state index contributed by atoms with van der Waals surface area (Å²) in [6, 6.07) is 11.2. The van der Waals surface area contributed by atoms with Crippen molar-refractivity contribution in [2.75, 3.05) is 0 Å². The molecule has 18 heavy (non-hydrogen) atoms. The number of ketones is 1. The predicted octanol–water partition coefficient (Wildman–Crippen LogP) is 2.82. The van der Waals surface area contributed by atoms with Crippen LogP contribution in [0.25, 0.3) is 11.0 Å². The van der Waals surface area contributed by atoms with Gasteiger partial charge >= 0.3 is 0 Å². The monoisotopic (exact) mass is 240 g/mol. The van der Waals surface area contributed by atoms with Gasteiger partial charge in [0.1, 0.15) is 12.1 Å². The first kappa shape index (κ1) is 10.8. The van der Waals surface area contributed by atoms with Crippen LogP contribution in [0.2, 0.25) is 0 Å². The number of aryl methyl sites for hydroxylation is 1. The van der Waals surface area contributed by atoms with E-state index in [-0.39, 0.29) is 12.3 Å². The molecule has 3 rings (SSSR count). The topological polar surface area (TPSA) is 48.0 Å². The van der Waals surface area contributed by atoms with E-state index >= 15 is 0 Å². The zero-order valence-electron chi connectivity index (χ0n) is 9.96. The van der Waals surface area contributed by atoms with Gasteiger partial charge in [0.05, 0.1) is 0 Å². The molecule has 4 nitrogen and oxygen atoms in total. The molecule has 0 aliphatic carbocycles. The molecule has 0 N–H and O–H groups in total. The fourth-order valence-corrected chi connectivity index (χ4v) is 1.90. The fraction of sp³-hybridized carbons (Fsp3) is 0.143. The number of aromatic nitrogens is 2. The van der Waals surface area contributed by atoms with E-state index in [1.807, 2.05) is 37.3 Å². The van der Waals surface area contributed by atoms with Gasteiger partial charge in [-0.1, -0.05) is 18.2 Å². The smallest absolute Gasteiger partial charge is 0.219 e. The van der Waals surface area contributed by atoms with Crippen molar-refractivity contribution in [1.29, 1.82) is 0 Å². The number of hydrogen-bond donors (Lipinski definition) is 0. The summed E-state index contributed by atoms with van der Waals surface area (Å²) in [6.45, 7) is 2.12. The van der Waals surface area contributed by atoms with E-state index in [2.05, 4.69) is 5.10 Å². The van der Waals surface area contributed by atoms with Crippen molar-refractivity contribution in [3.63, 3.8) is 0 Å². The van der Waals surface area contributed by atoms with Crippen molar-refractivity contribution in [3.8, 4) is 0 Å². The first-order valence-electron chi connectivity index (χ1n) is 5.74. The number of rotatable bonds is 3. The molecular formula is C14H12N2O2. The molecule has 0 bridgehead atoms. The van der Waals surface area contributed by atoms with Crippen LogP contribution in [0.5, 0.6) is 0 Å². The zero-order chi connectivity index (χ0) is 12.5. The van der Waals surface area contributed by atoms with Crippen molar-refractivity contribution < 1.29 is 9.21 Å². The van der Waals surface area contributed by atoms with Gasteiger partial charge in [0, 0.05) is 17.3 Å². The molecule has 4 heteroatoms. The number of carbonyl (C=O) groups excluding carboxylic acids is 1. The fourth-order valence-electron chi connectivity index (χ4n) is 1.90. The van der Waals surface area contributed by atoms with Crippen LogP contribution in [0.1, 0.15) is 16.2 Å². The van der Waals surface area contributed by atoms with Crippen LogP contribution in [0.3, 0.4) is 0 Å². The van der Waals surface area contributed by atoms with Crippen molar-refractivity contribution in [3.05, 3.63) is 54.0 Å². The Labute approximate surface area is 104 Å². The van der Waals surface area contributed by atoms with Gasteiger partial charge in [-0.3, -0.25) is 9.48 Å². The first-order chi connectivity index (χ1) is 8.74. The number of carbonyl (C=O) groups is 1. The van der Waals surface area contributed by atoms with Crippen LogP contribution in [-0.2, 0) is 6.54 Å². The van der Waals surface area contributed by atoms with Gasteiger partial charge in [0.15, 0.2) is 5.76 Å². The molecule has 3 aromatic rings. The lowest BCUT2D eigenvalue weighted by atomic mass is 10.2. The average molecular weight is 240 g/mol. The minimum atomic E-state index is -0.0713. The number of para-hydroxylation sites is 1. The Morgan fingerprint density at radius 3 is 2.89 bits per heavy atom. The lowest BCUT2D eigenvalue weighted by Crippen LogP contribution is -2.12. The average Bonchev–Trinajstić information content (AvgIpc) is 2.96. The van der Waals surface area contributed by atoms with Gasteiger partial charge in [0.25, 0.3) is 0 Å². The molecule has 0 atom stereocenters. The molecule has 2 heterocycles. The number of hydrogen-bond acceptors (Lipinski definition) is 3. The van der Waals surface area contributed by atoms with Crippen LogP contribution in [-0.4, -0.2) is 15.6 Å². The van der Waals surface area contributed by atoms with E-state index in [4.69, 9.17) is 4.42 Å². The Kier molecular flexibility index (Phi) is 2.48. The first-order valence-corrected chi connectivity index (χ1v) is 5.74. The second-order valence-electron chi connectivity index (χ2n) is 4.20. The minimum absolute atomic E-state index is 0.0713. The predicted molar refractivity (Wildman–Crippen MR) is 67.5 cm³/mol. The Morgan fingerprint density at radius 2 is 2.17 bits per heavy atom. The summed E-state index contributed by atoms with van der Waals surface area (Å²) in [4.78, 5) is 12.1. The molecule has 0 saturated carbocycles. The number of fused-ring (bicyclic) bond motifs is 1. The highest BCUT2D eigenvalue weighted by molar-refractivity contribution is 5.97. The molecule has 0 saturated heterocycles. The normalized spacial score (nSPS) is 10.9. The second kappa shape index (κ2) is 4.14. The molecular weight excluding hydrogens is 228 g/mol. The van der Waals surface area contributed by atoms with E-state index in [0.717, 1.165) is 16.7 Å². The zero-order valence-corrected chi connectivity index (χ0v) is 9.96. The van der Waals surface area contributed by atoms with Crippen molar-refractivity contribution in [2.24, 2.45) is 0 Å². The Hall–Kier alpha value is -2.36. The van der Waals surface area contributed by atoms with Crippen LogP contribution in [0.4, 0.5) is 0 Å². The van der Waals surface area contributed by atoms with E-state index in [1.54, 1.807) is 16.9 Å². The highest BCUT2D eigenvalue weighted by atomic mass is 16.3. The van der Waals surface area contributed by atoms with Crippen LogP contribution >= 0.6 is 0 Å². The van der Waals surface area contributed by atoms with E-state index in [9.17, 15) is 4.79 Å². The molecule has 0 spiro atoms. The molecule has 0 aliphatic rings. The SMILES string of the molecule is Cc1ccnn1CC(=O)c1cc2ccccc2o1. The summed E-state index contributed by atoms with van der Waals surface area (Å²) in [6.07, 6.45) is 1.68. The molecule has 90 valence electrons. The molecule has 0 fully saturated rings. The van der Waals surface area contributed by atoms with Gasteiger partial charge < -0.3 is 4.42 Å². The Balaban J connectivity index is 1.90. The van der Waals surface area contributed by atoms with Gasteiger partial charge in [-0.05, 0) is 25.1 Å². The maximum absolute atomic E-state index is 12.1. The lowest BCUT2D eigenvalue weighted by molar-refractivity contribution is 0.0941. The Bertz CT molecular complexity index is 676. The largest absolute Gasteiger partial charge is 0.453 e. The van der Waals surface area contributed by atoms with Gasteiger partial charge in [-0.25, -0.2) is 0 Å². The summed E-state index contributed by atoms with van der Waals surface area (Å²) < 4.78 is 7.19. The molecule has 0 unspecified atom stereocenters. The summed E-state index contributed by atoms with van der Waals surface area (Å²) >= 11 is 0. The standard InChI is InChI=1S/C14H12N2O2/c1-10-6-7-15-16(10)9-12(17)14-8-11-4-2-3-5-13(11)18-14/h2-8H,9H2,1H3. The second-order valence-corrected chi connectivity index (χ2v) is 4.20. The van der Waals surface area contributed by atoms with E-state index < -0.39 is 0 Å². The minimum Gasteiger partial charge on any atom is -0.453 e. The van der Waals surface area contributed by atoms with Crippen LogP contribution < -0.4 is 0 Å². The summed E-state index contributed by atoms with van der Waals surface area (Å²) in [7, 11) is 0. The Morgan fingerprint density at radius 1 is 1.33 bits per heavy atom. The molecule has 2 aromatic heterocycles. The van der Waals surface area contributed by atoms with Gasteiger partial charge in [-0.2, -0.15) is 5.10 Å². The van der Waals surface area contributed by atoms with Crippen molar-refractivity contribution >= 4 is 16.8 Å². The van der Waals surface area contributed by atoms with Crippen LogP contribution in [0.15, 0.2) is 47.0 Å². The summed E-state index contributed by atoms with van der Waals surface area (Å²) in [5, 5.41) is 5.03. The molecule has 0 radical (unpaired) electrons. The number of Topliss-reactive ketones (excluding diaryl/α,β-unsaturated/α-hetero) is 1. The van der Waals surface area contributed by atoms with Gasteiger partial charge in [0.2, 0.25) is 5.78 Å². The number of nitrogens with zero attached hydrogens (tertiary/aromatic N) is 2. The third-order valence-corrected chi connectivity index (χ3v) is 2.92. The maximum atomic E-state index is 12.1.